The molecule has 1 aromatic rings. The quantitative estimate of drug-likeness (QED) is 0.820. The van der Waals surface area contributed by atoms with Crippen molar-refractivity contribution in [1.29, 1.82) is 0 Å². The first-order valence-corrected chi connectivity index (χ1v) is 5.80. The summed E-state index contributed by atoms with van der Waals surface area (Å²) in [6.45, 7) is 1.70. The second kappa shape index (κ2) is 3.44. The van der Waals surface area contributed by atoms with Gasteiger partial charge in [0.1, 0.15) is 4.66 Å². The Balaban J connectivity index is 2.77. The molecule has 0 fully saturated rings. The topological polar surface area (TPSA) is 72.2 Å². The first kappa shape index (κ1) is 9.53. The van der Waals surface area contributed by atoms with Crippen molar-refractivity contribution in [2.45, 2.75) is 6.92 Å². The molecule has 0 saturated heterocycles. The SMILES string of the molecule is Cc1cc(NS(=O)(=O)CBr)on1. The molecule has 0 saturated carbocycles. The number of nitrogens with zero attached hydrogens (tertiary/aromatic N) is 1. The number of halogens is 1. The van der Waals surface area contributed by atoms with Gasteiger partial charge in [-0.15, -0.1) is 0 Å². The molecule has 0 radical (unpaired) electrons. The van der Waals surface area contributed by atoms with E-state index in [2.05, 4.69) is 30.3 Å². The highest BCUT2D eigenvalue weighted by molar-refractivity contribution is 9.10. The highest BCUT2D eigenvalue weighted by Crippen LogP contribution is 2.11. The molecule has 0 aliphatic rings. The molecule has 0 bridgehead atoms. The summed E-state index contributed by atoms with van der Waals surface area (Å²) in [5.74, 6) is 0.131. The molecule has 0 aromatic carbocycles. The highest BCUT2D eigenvalue weighted by atomic mass is 79.9. The van der Waals surface area contributed by atoms with E-state index in [0.717, 1.165) is 0 Å². The van der Waals surface area contributed by atoms with Crippen molar-refractivity contribution < 1.29 is 12.9 Å². The Bertz CT molecular complexity index is 359. The maximum atomic E-state index is 10.9. The number of nitrogens with one attached hydrogen (secondary N) is 1. The zero-order valence-corrected chi connectivity index (χ0v) is 8.65. The summed E-state index contributed by atoms with van der Waals surface area (Å²) in [4.78, 5) is 0. The van der Waals surface area contributed by atoms with E-state index >= 15 is 0 Å². The number of hydrogen-bond acceptors (Lipinski definition) is 4. The minimum absolute atomic E-state index is 0.131. The predicted molar refractivity (Wildman–Crippen MR) is 47.6 cm³/mol. The molecule has 0 aliphatic heterocycles. The Morgan fingerprint density at radius 3 is 2.83 bits per heavy atom. The van der Waals surface area contributed by atoms with E-state index in [1.54, 1.807) is 6.92 Å². The van der Waals surface area contributed by atoms with Crippen LogP contribution in [0.5, 0.6) is 0 Å². The summed E-state index contributed by atoms with van der Waals surface area (Å²) in [6.07, 6.45) is 0. The van der Waals surface area contributed by atoms with E-state index in [1.807, 2.05) is 0 Å². The van der Waals surface area contributed by atoms with Crippen LogP contribution in [0.3, 0.4) is 0 Å². The minimum atomic E-state index is -3.33. The summed E-state index contributed by atoms with van der Waals surface area (Å²) in [5.41, 5.74) is 0.627. The van der Waals surface area contributed by atoms with Gasteiger partial charge in [0.25, 0.3) is 0 Å². The number of rotatable bonds is 3. The maximum Gasteiger partial charge on any atom is 0.245 e. The maximum absolute atomic E-state index is 10.9. The van der Waals surface area contributed by atoms with E-state index in [-0.39, 0.29) is 10.5 Å². The lowest BCUT2D eigenvalue weighted by molar-refractivity contribution is 0.430. The molecule has 0 atom stereocenters. The Labute approximate surface area is 78.3 Å². The van der Waals surface area contributed by atoms with Gasteiger partial charge in [0, 0.05) is 6.07 Å². The third kappa shape index (κ3) is 2.49. The van der Waals surface area contributed by atoms with Crippen molar-refractivity contribution >= 4 is 31.8 Å². The van der Waals surface area contributed by atoms with Crippen LogP contribution in [0.2, 0.25) is 0 Å². The van der Waals surface area contributed by atoms with E-state index in [1.165, 1.54) is 6.07 Å². The largest absolute Gasteiger partial charge is 0.338 e. The van der Waals surface area contributed by atoms with Crippen molar-refractivity contribution in [2.75, 3.05) is 9.38 Å². The lowest BCUT2D eigenvalue weighted by Crippen LogP contribution is -2.12. The molecule has 68 valence electrons. The smallest absolute Gasteiger partial charge is 0.245 e. The molecule has 0 aliphatic carbocycles. The summed E-state index contributed by atoms with van der Waals surface area (Å²) < 4.78 is 28.5. The van der Waals surface area contributed by atoms with Gasteiger partial charge >= 0.3 is 0 Å². The summed E-state index contributed by atoms with van der Waals surface area (Å²) in [6, 6.07) is 1.50. The average molecular weight is 255 g/mol. The summed E-state index contributed by atoms with van der Waals surface area (Å²) >= 11 is 2.82. The second-order valence-electron chi connectivity index (χ2n) is 2.16. The van der Waals surface area contributed by atoms with Gasteiger partial charge in [-0.1, -0.05) is 21.1 Å². The van der Waals surface area contributed by atoms with Crippen molar-refractivity contribution in [3.05, 3.63) is 11.8 Å². The summed E-state index contributed by atoms with van der Waals surface area (Å²) in [7, 11) is -3.33. The average Bonchev–Trinajstić information content (AvgIpc) is 2.35. The molecule has 1 heterocycles. The van der Waals surface area contributed by atoms with Crippen LogP contribution < -0.4 is 4.72 Å². The molecule has 12 heavy (non-hydrogen) atoms. The van der Waals surface area contributed by atoms with Crippen molar-refractivity contribution in [3.63, 3.8) is 0 Å². The standard InChI is InChI=1S/C5H7BrN2O3S/c1-4-2-5(11-7-4)8-12(9,10)3-6/h2,8H,3H2,1H3. The monoisotopic (exact) mass is 254 g/mol. The number of sulfonamides is 1. The molecule has 1 aromatic heterocycles. The number of aryl methyl sites for hydroxylation is 1. The van der Waals surface area contributed by atoms with Crippen LogP contribution in [0.25, 0.3) is 0 Å². The van der Waals surface area contributed by atoms with Gasteiger partial charge in [0.2, 0.25) is 15.9 Å². The molecule has 0 spiro atoms. The Morgan fingerprint density at radius 2 is 2.42 bits per heavy atom. The number of aromatic nitrogens is 1. The first-order valence-electron chi connectivity index (χ1n) is 3.03. The lowest BCUT2D eigenvalue weighted by atomic mass is 10.5. The third-order valence-corrected chi connectivity index (χ3v) is 3.64. The molecule has 5 nitrogen and oxygen atoms in total. The van der Waals surface area contributed by atoms with E-state index in [4.69, 9.17) is 0 Å². The molecular weight excluding hydrogens is 248 g/mol. The minimum Gasteiger partial charge on any atom is -0.338 e. The molecule has 1 rings (SSSR count). The fourth-order valence-electron chi connectivity index (χ4n) is 0.592. The van der Waals surface area contributed by atoms with Crippen LogP contribution in [-0.4, -0.2) is 18.2 Å². The van der Waals surface area contributed by atoms with Gasteiger partial charge in [-0.3, -0.25) is 4.72 Å². The van der Waals surface area contributed by atoms with Crippen molar-refractivity contribution in [3.8, 4) is 0 Å². The van der Waals surface area contributed by atoms with Crippen molar-refractivity contribution in [1.82, 2.24) is 5.16 Å². The Morgan fingerprint density at radius 1 is 1.75 bits per heavy atom. The molecule has 0 unspecified atom stereocenters. The van der Waals surface area contributed by atoms with E-state index in [0.29, 0.717) is 5.69 Å². The van der Waals surface area contributed by atoms with Crippen molar-refractivity contribution in [2.24, 2.45) is 0 Å². The number of alkyl halides is 1. The fourth-order valence-corrected chi connectivity index (χ4v) is 1.39. The van der Waals surface area contributed by atoms with Crippen LogP contribution in [0, 0.1) is 6.92 Å². The van der Waals surface area contributed by atoms with E-state index in [9.17, 15) is 8.42 Å². The highest BCUT2D eigenvalue weighted by Gasteiger charge is 2.10. The van der Waals surface area contributed by atoms with Gasteiger partial charge in [0.15, 0.2) is 0 Å². The van der Waals surface area contributed by atoms with Crippen LogP contribution in [0.1, 0.15) is 5.69 Å². The van der Waals surface area contributed by atoms with Gasteiger partial charge in [-0.2, -0.15) is 0 Å². The van der Waals surface area contributed by atoms with Crippen LogP contribution in [0.15, 0.2) is 10.6 Å². The number of anilines is 1. The van der Waals surface area contributed by atoms with Gasteiger partial charge in [-0.05, 0) is 6.92 Å². The van der Waals surface area contributed by atoms with Crippen LogP contribution in [0.4, 0.5) is 5.88 Å². The molecule has 1 N–H and O–H groups in total. The molecule has 7 heteroatoms. The normalized spacial score (nSPS) is 11.5. The van der Waals surface area contributed by atoms with Gasteiger partial charge in [0.05, 0.1) is 5.69 Å². The van der Waals surface area contributed by atoms with Crippen LogP contribution in [-0.2, 0) is 10.0 Å². The van der Waals surface area contributed by atoms with Gasteiger partial charge in [-0.25, -0.2) is 8.42 Å². The first-order chi connectivity index (χ1) is 5.53. The Kier molecular flexibility index (Phi) is 2.73. The third-order valence-electron chi connectivity index (χ3n) is 1.03. The molecule has 0 amide bonds. The van der Waals surface area contributed by atoms with Crippen LogP contribution >= 0.6 is 15.9 Å². The Hall–Kier alpha value is -0.560. The second-order valence-corrected chi connectivity index (χ2v) is 5.18. The zero-order chi connectivity index (χ0) is 9.19. The lowest BCUT2D eigenvalue weighted by Gasteiger charge is -1.97. The predicted octanol–water partition coefficient (Wildman–Crippen LogP) is 1.08. The van der Waals surface area contributed by atoms with E-state index < -0.39 is 10.0 Å². The summed E-state index contributed by atoms with van der Waals surface area (Å²) in [5, 5.41) is 3.52. The molecular formula is C5H7BrN2O3S. The number of hydrogen-bond donors (Lipinski definition) is 1. The fraction of sp³-hybridized carbons (Fsp3) is 0.400. The van der Waals surface area contributed by atoms with Gasteiger partial charge < -0.3 is 4.52 Å². The zero-order valence-electron chi connectivity index (χ0n) is 6.24.